The molecule has 0 radical (unpaired) electrons. The molecule has 0 spiro atoms. The summed E-state index contributed by atoms with van der Waals surface area (Å²) in [4.78, 5) is 14.5. The molecule has 2 aromatic heterocycles. The fourth-order valence-corrected chi connectivity index (χ4v) is 5.12. The van der Waals surface area contributed by atoms with Gasteiger partial charge in [0.05, 0.1) is 28.0 Å². The number of hydrogen-bond donors (Lipinski definition) is 2. The summed E-state index contributed by atoms with van der Waals surface area (Å²) >= 11 is 12.8. The molecular weight excluding hydrogens is 497 g/mol. The van der Waals surface area contributed by atoms with Gasteiger partial charge < -0.3 is 16.0 Å². The van der Waals surface area contributed by atoms with Crippen molar-refractivity contribution in [2.45, 2.75) is 31.7 Å². The molecule has 0 bridgehead atoms. The Labute approximate surface area is 219 Å². The first kappa shape index (κ1) is 24.5. The summed E-state index contributed by atoms with van der Waals surface area (Å²) in [6, 6.07) is 15.2. The van der Waals surface area contributed by atoms with E-state index in [9.17, 15) is 4.79 Å². The van der Waals surface area contributed by atoms with E-state index in [1.165, 1.54) is 0 Å². The molecule has 8 nitrogen and oxygen atoms in total. The van der Waals surface area contributed by atoms with E-state index in [2.05, 4.69) is 27.3 Å². The Hall–Kier alpha value is -3.20. The van der Waals surface area contributed by atoms with E-state index >= 15 is 0 Å². The molecule has 0 atom stereocenters. The summed E-state index contributed by atoms with van der Waals surface area (Å²) in [6.07, 6.45) is 3.81. The third-order valence-corrected chi connectivity index (χ3v) is 7.34. The monoisotopic (exact) mass is 523 g/mol. The number of piperidine rings is 1. The minimum Gasteiger partial charge on any atom is -0.368 e. The van der Waals surface area contributed by atoms with E-state index < -0.39 is 5.54 Å². The van der Waals surface area contributed by atoms with Crippen LogP contribution in [0, 0.1) is 0 Å². The van der Waals surface area contributed by atoms with Gasteiger partial charge in [0, 0.05) is 23.7 Å². The molecule has 1 amide bonds. The van der Waals surface area contributed by atoms with Crippen LogP contribution in [-0.2, 0) is 4.79 Å². The van der Waals surface area contributed by atoms with Crippen LogP contribution in [0.2, 0.25) is 10.0 Å². The Morgan fingerprint density at radius 2 is 1.83 bits per heavy atom. The van der Waals surface area contributed by atoms with Crippen molar-refractivity contribution in [3.63, 3.8) is 0 Å². The normalized spacial score (nSPS) is 15.4. The van der Waals surface area contributed by atoms with Gasteiger partial charge in [-0.05, 0) is 50.1 Å². The number of hydrogen-bond acceptors (Lipinski definition) is 6. The van der Waals surface area contributed by atoms with Crippen LogP contribution in [0.4, 0.5) is 5.82 Å². The quantitative estimate of drug-likeness (QED) is 0.366. The van der Waals surface area contributed by atoms with Crippen LogP contribution in [0.1, 0.15) is 26.2 Å². The SMILES string of the molecule is CCCNC1(C(N)=O)CCN(c2nncc3c(-c4ccc(Cl)cc4)n(-c4ccccc4Cl)nc23)CC1. The second kappa shape index (κ2) is 10.0. The number of fused-ring (bicyclic) bond motifs is 1. The van der Waals surface area contributed by atoms with Crippen LogP contribution < -0.4 is 16.0 Å². The zero-order valence-electron chi connectivity index (χ0n) is 19.9. The van der Waals surface area contributed by atoms with E-state index in [1.54, 1.807) is 6.20 Å². The summed E-state index contributed by atoms with van der Waals surface area (Å²) < 4.78 is 1.84. The van der Waals surface area contributed by atoms with Crippen LogP contribution in [0.25, 0.3) is 27.8 Å². The molecule has 4 aromatic rings. The third kappa shape index (κ3) is 4.40. The Morgan fingerprint density at radius 1 is 1.11 bits per heavy atom. The Bertz CT molecular complexity index is 1400. The Kier molecular flexibility index (Phi) is 6.83. The van der Waals surface area contributed by atoms with Gasteiger partial charge in [-0.3, -0.25) is 4.79 Å². The number of rotatable bonds is 7. The van der Waals surface area contributed by atoms with Crippen molar-refractivity contribution in [1.29, 1.82) is 0 Å². The average molecular weight is 524 g/mol. The number of aromatic nitrogens is 4. The molecule has 3 heterocycles. The number of nitrogens with zero attached hydrogens (tertiary/aromatic N) is 5. The maximum atomic E-state index is 12.3. The van der Waals surface area contributed by atoms with E-state index in [0.717, 1.165) is 35.3 Å². The number of anilines is 1. The minimum absolute atomic E-state index is 0.312. The highest BCUT2D eigenvalue weighted by molar-refractivity contribution is 6.32. The zero-order chi connectivity index (χ0) is 25.3. The van der Waals surface area contributed by atoms with Gasteiger partial charge in [-0.2, -0.15) is 10.2 Å². The third-order valence-electron chi connectivity index (χ3n) is 6.77. The van der Waals surface area contributed by atoms with Crippen molar-refractivity contribution in [3.8, 4) is 16.9 Å². The van der Waals surface area contributed by atoms with Gasteiger partial charge in [0.25, 0.3) is 0 Å². The molecule has 36 heavy (non-hydrogen) atoms. The lowest BCUT2D eigenvalue weighted by molar-refractivity contribution is -0.125. The number of nitrogens with one attached hydrogen (secondary N) is 1. The van der Waals surface area contributed by atoms with Gasteiger partial charge in [0.15, 0.2) is 5.82 Å². The summed E-state index contributed by atoms with van der Waals surface area (Å²) in [6.45, 7) is 4.01. The van der Waals surface area contributed by atoms with Crippen molar-refractivity contribution in [3.05, 3.63) is 64.8 Å². The topological polar surface area (TPSA) is 102 Å². The van der Waals surface area contributed by atoms with Crippen molar-refractivity contribution in [2.24, 2.45) is 5.73 Å². The Balaban J connectivity index is 1.60. The standard InChI is InChI=1S/C26H27Cl2N7O/c1-2-13-30-26(25(29)36)11-14-34(15-12-26)24-22-19(16-31-32-24)23(17-7-9-18(27)10-8-17)35(33-22)21-6-4-3-5-20(21)28/h3-10,16,30H,2,11-15H2,1H3,(H2,29,36). The molecule has 5 rings (SSSR count). The molecule has 3 N–H and O–H groups in total. The van der Waals surface area contributed by atoms with Crippen LogP contribution >= 0.6 is 23.2 Å². The molecule has 0 aliphatic carbocycles. The van der Waals surface area contributed by atoms with Crippen LogP contribution in [-0.4, -0.2) is 51.1 Å². The second-order valence-corrected chi connectivity index (χ2v) is 9.85. The van der Waals surface area contributed by atoms with Crippen molar-refractivity contribution in [2.75, 3.05) is 24.5 Å². The fourth-order valence-electron chi connectivity index (χ4n) is 4.78. The number of amides is 1. The molecule has 2 aromatic carbocycles. The number of benzene rings is 2. The van der Waals surface area contributed by atoms with Crippen molar-refractivity contribution < 1.29 is 4.79 Å². The smallest absolute Gasteiger partial charge is 0.237 e. The molecule has 1 saturated heterocycles. The molecule has 1 aliphatic heterocycles. The maximum Gasteiger partial charge on any atom is 0.237 e. The molecule has 0 unspecified atom stereocenters. The van der Waals surface area contributed by atoms with E-state index in [1.807, 2.05) is 53.2 Å². The summed E-state index contributed by atoms with van der Waals surface area (Å²) in [5, 5.41) is 19.2. The number of halogens is 2. The largest absolute Gasteiger partial charge is 0.368 e. The first-order valence-electron chi connectivity index (χ1n) is 12.0. The van der Waals surface area contributed by atoms with Crippen molar-refractivity contribution >= 4 is 45.8 Å². The number of nitrogens with two attached hydrogens (primary N) is 1. The lowest BCUT2D eigenvalue weighted by Gasteiger charge is -2.40. The highest BCUT2D eigenvalue weighted by atomic mass is 35.5. The molecular formula is C26H27Cl2N7O. The lowest BCUT2D eigenvalue weighted by Crippen LogP contribution is -2.61. The highest BCUT2D eigenvalue weighted by Gasteiger charge is 2.40. The molecule has 1 aliphatic rings. The average Bonchev–Trinajstić information content (AvgIpc) is 3.28. The van der Waals surface area contributed by atoms with E-state index in [-0.39, 0.29) is 5.91 Å². The van der Waals surface area contributed by atoms with E-state index in [4.69, 9.17) is 34.0 Å². The number of carbonyl (C=O) groups excluding carboxylic acids is 1. The second-order valence-electron chi connectivity index (χ2n) is 9.01. The van der Waals surface area contributed by atoms with Gasteiger partial charge in [-0.25, -0.2) is 4.68 Å². The number of primary amides is 1. The first-order valence-corrected chi connectivity index (χ1v) is 12.7. The van der Waals surface area contributed by atoms with Gasteiger partial charge in [-0.1, -0.05) is 54.4 Å². The molecule has 1 fully saturated rings. The van der Waals surface area contributed by atoms with Crippen LogP contribution in [0.3, 0.4) is 0 Å². The minimum atomic E-state index is -0.709. The van der Waals surface area contributed by atoms with Crippen LogP contribution in [0.5, 0.6) is 0 Å². The van der Waals surface area contributed by atoms with E-state index in [0.29, 0.717) is 47.3 Å². The zero-order valence-corrected chi connectivity index (χ0v) is 21.4. The first-order chi connectivity index (χ1) is 17.4. The summed E-state index contributed by atoms with van der Waals surface area (Å²) in [5.41, 5.74) is 8.34. The number of carbonyl (C=O) groups is 1. The van der Waals surface area contributed by atoms with Crippen LogP contribution in [0.15, 0.2) is 54.7 Å². The van der Waals surface area contributed by atoms with Gasteiger partial charge in [0.1, 0.15) is 11.1 Å². The van der Waals surface area contributed by atoms with Crippen molar-refractivity contribution in [1.82, 2.24) is 25.3 Å². The van der Waals surface area contributed by atoms with Gasteiger partial charge >= 0.3 is 0 Å². The predicted octanol–water partition coefficient (Wildman–Crippen LogP) is 4.61. The van der Waals surface area contributed by atoms with Gasteiger partial charge in [-0.15, -0.1) is 5.10 Å². The number of para-hydroxylation sites is 1. The maximum absolute atomic E-state index is 12.3. The molecule has 186 valence electrons. The molecule has 0 saturated carbocycles. The fraction of sp³-hybridized carbons (Fsp3) is 0.308. The lowest BCUT2D eigenvalue weighted by atomic mass is 9.86. The summed E-state index contributed by atoms with van der Waals surface area (Å²) in [5.74, 6) is 0.356. The summed E-state index contributed by atoms with van der Waals surface area (Å²) in [7, 11) is 0. The molecule has 10 heteroatoms. The highest BCUT2D eigenvalue weighted by Crippen LogP contribution is 2.37. The van der Waals surface area contributed by atoms with Gasteiger partial charge in [0.2, 0.25) is 5.91 Å². The predicted molar refractivity (Wildman–Crippen MR) is 144 cm³/mol. The Morgan fingerprint density at radius 3 is 2.50 bits per heavy atom.